The lowest BCUT2D eigenvalue weighted by Crippen LogP contribution is -2.62. The van der Waals surface area contributed by atoms with Crippen molar-refractivity contribution in [1.29, 1.82) is 0 Å². The third-order valence-corrected chi connectivity index (χ3v) is 2.67. The predicted octanol–water partition coefficient (Wildman–Crippen LogP) is 1.15. The quantitative estimate of drug-likeness (QED) is 0.828. The average Bonchev–Trinajstić information content (AvgIpc) is 2.18. The molecular formula is C10H13ClF2N2O. The highest BCUT2D eigenvalue weighted by atomic mass is 35.5. The van der Waals surface area contributed by atoms with E-state index in [4.69, 9.17) is 10.5 Å². The molecule has 0 aromatic heterocycles. The van der Waals surface area contributed by atoms with E-state index < -0.39 is 17.2 Å². The van der Waals surface area contributed by atoms with Gasteiger partial charge in [-0.25, -0.2) is 4.39 Å². The van der Waals surface area contributed by atoms with Crippen LogP contribution in [0.4, 0.5) is 8.78 Å². The average molecular weight is 251 g/mol. The lowest BCUT2D eigenvalue weighted by Gasteiger charge is -2.39. The maximum absolute atomic E-state index is 13.2. The summed E-state index contributed by atoms with van der Waals surface area (Å²) in [5, 5.41) is 2.99. The molecule has 0 bridgehead atoms. The van der Waals surface area contributed by atoms with E-state index in [0.29, 0.717) is 18.7 Å². The maximum Gasteiger partial charge on any atom is 0.200 e. The summed E-state index contributed by atoms with van der Waals surface area (Å²) in [6.07, 6.45) is 0. The number of hydrogen-bond acceptors (Lipinski definition) is 3. The van der Waals surface area contributed by atoms with Gasteiger partial charge >= 0.3 is 0 Å². The topological polar surface area (TPSA) is 47.3 Å². The molecule has 2 rings (SSSR count). The van der Waals surface area contributed by atoms with E-state index in [1.807, 2.05) is 0 Å². The van der Waals surface area contributed by atoms with Crippen LogP contribution in [0, 0.1) is 11.6 Å². The number of benzene rings is 1. The molecule has 0 unspecified atom stereocenters. The summed E-state index contributed by atoms with van der Waals surface area (Å²) in [6, 6.07) is 2.57. The fourth-order valence-corrected chi connectivity index (χ4v) is 1.60. The summed E-state index contributed by atoms with van der Waals surface area (Å²) >= 11 is 0. The summed E-state index contributed by atoms with van der Waals surface area (Å²) in [5.74, 6) is -2.01. The second-order valence-corrected chi connectivity index (χ2v) is 3.73. The molecule has 0 saturated carbocycles. The zero-order valence-corrected chi connectivity index (χ0v) is 9.54. The first-order valence-electron chi connectivity index (χ1n) is 4.60. The zero-order valence-electron chi connectivity index (χ0n) is 8.72. The second-order valence-electron chi connectivity index (χ2n) is 3.73. The van der Waals surface area contributed by atoms with Crippen LogP contribution in [-0.4, -0.2) is 20.2 Å². The summed E-state index contributed by atoms with van der Waals surface area (Å²) in [5.41, 5.74) is 5.90. The molecule has 0 aliphatic carbocycles. The summed E-state index contributed by atoms with van der Waals surface area (Å²) in [4.78, 5) is 0. The van der Waals surface area contributed by atoms with Gasteiger partial charge in [-0.05, 0) is 17.7 Å². The van der Waals surface area contributed by atoms with Crippen LogP contribution >= 0.6 is 12.4 Å². The van der Waals surface area contributed by atoms with Gasteiger partial charge in [-0.2, -0.15) is 4.39 Å². The third-order valence-electron chi connectivity index (χ3n) is 2.67. The molecule has 3 nitrogen and oxygen atoms in total. The van der Waals surface area contributed by atoms with Gasteiger partial charge in [0.2, 0.25) is 5.82 Å². The Labute approximate surface area is 98.4 Å². The van der Waals surface area contributed by atoms with Crippen LogP contribution < -0.4 is 15.8 Å². The van der Waals surface area contributed by atoms with E-state index in [9.17, 15) is 8.78 Å². The third kappa shape index (κ3) is 1.98. The van der Waals surface area contributed by atoms with Crippen LogP contribution in [-0.2, 0) is 5.54 Å². The first kappa shape index (κ1) is 13.2. The molecule has 3 N–H and O–H groups in total. The number of rotatable bonds is 2. The van der Waals surface area contributed by atoms with Crippen LogP contribution in [0.15, 0.2) is 12.1 Å². The second kappa shape index (κ2) is 4.53. The monoisotopic (exact) mass is 250 g/mol. The van der Waals surface area contributed by atoms with Gasteiger partial charge < -0.3 is 15.8 Å². The first-order chi connectivity index (χ1) is 7.07. The molecule has 6 heteroatoms. The van der Waals surface area contributed by atoms with Gasteiger partial charge in [-0.1, -0.05) is 0 Å². The Morgan fingerprint density at radius 3 is 2.44 bits per heavy atom. The smallest absolute Gasteiger partial charge is 0.200 e. The van der Waals surface area contributed by atoms with Crippen molar-refractivity contribution in [2.45, 2.75) is 5.54 Å². The molecule has 16 heavy (non-hydrogen) atoms. The molecule has 1 aromatic carbocycles. The molecule has 1 heterocycles. The van der Waals surface area contributed by atoms with Crippen molar-refractivity contribution in [2.75, 3.05) is 20.2 Å². The Balaban J connectivity index is 0.00000128. The Bertz CT molecular complexity index is 397. The Kier molecular flexibility index (Phi) is 3.72. The number of hydrogen-bond donors (Lipinski definition) is 2. The molecule has 90 valence electrons. The van der Waals surface area contributed by atoms with Gasteiger partial charge in [0.1, 0.15) is 0 Å². The maximum atomic E-state index is 13.2. The van der Waals surface area contributed by atoms with Crippen molar-refractivity contribution >= 4 is 12.4 Å². The first-order valence-corrected chi connectivity index (χ1v) is 4.60. The summed E-state index contributed by atoms with van der Waals surface area (Å²) in [6.45, 7) is 1.11. The van der Waals surface area contributed by atoms with Gasteiger partial charge in [0.15, 0.2) is 11.6 Å². The Hall–Kier alpha value is -0.910. The number of nitrogens with one attached hydrogen (secondary N) is 1. The van der Waals surface area contributed by atoms with Gasteiger partial charge in [0, 0.05) is 13.1 Å². The van der Waals surface area contributed by atoms with Crippen LogP contribution in [0.1, 0.15) is 5.56 Å². The standard InChI is InChI=1S/C10H12F2N2O.ClH/c1-15-8-3-6(2-7(11)9(8)12)10(13)4-14-5-10;/h2-3,14H,4-5,13H2,1H3;1H. The summed E-state index contributed by atoms with van der Waals surface area (Å²) < 4.78 is 31.1. The van der Waals surface area contributed by atoms with Crippen molar-refractivity contribution in [3.05, 3.63) is 29.3 Å². The fraction of sp³-hybridized carbons (Fsp3) is 0.400. The lowest BCUT2D eigenvalue weighted by atomic mass is 9.85. The minimum atomic E-state index is -0.975. The summed E-state index contributed by atoms with van der Waals surface area (Å²) in [7, 11) is 1.30. The molecule has 1 aliphatic heterocycles. The molecule has 1 aromatic rings. The van der Waals surface area contributed by atoms with Gasteiger partial charge in [0.05, 0.1) is 12.6 Å². The Morgan fingerprint density at radius 1 is 1.38 bits per heavy atom. The van der Waals surface area contributed by atoms with E-state index >= 15 is 0 Å². The predicted molar refractivity (Wildman–Crippen MR) is 58.9 cm³/mol. The van der Waals surface area contributed by atoms with Crippen molar-refractivity contribution in [2.24, 2.45) is 5.73 Å². The molecule has 1 aliphatic rings. The van der Waals surface area contributed by atoms with Crippen LogP contribution in [0.5, 0.6) is 5.75 Å². The van der Waals surface area contributed by atoms with E-state index in [2.05, 4.69) is 5.32 Å². The van der Waals surface area contributed by atoms with Crippen molar-refractivity contribution in [3.63, 3.8) is 0 Å². The Morgan fingerprint density at radius 2 is 2.00 bits per heavy atom. The molecule has 0 radical (unpaired) electrons. The van der Waals surface area contributed by atoms with Crippen LogP contribution in [0.25, 0.3) is 0 Å². The highest BCUT2D eigenvalue weighted by Crippen LogP contribution is 2.29. The van der Waals surface area contributed by atoms with Crippen molar-refractivity contribution < 1.29 is 13.5 Å². The molecule has 1 saturated heterocycles. The van der Waals surface area contributed by atoms with E-state index in [0.717, 1.165) is 6.07 Å². The van der Waals surface area contributed by atoms with Crippen molar-refractivity contribution in [1.82, 2.24) is 5.32 Å². The minimum Gasteiger partial charge on any atom is -0.494 e. The SMILES string of the molecule is COc1cc(C2(N)CNC2)cc(F)c1F.Cl. The largest absolute Gasteiger partial charge is 0.494 e. The van der Waals surface area contributed by atoms with Crippen molar-refractivity contribution in [3.8, 4) is 5.75 Å². The highest BCUT2D eigenvalue weighted by Gasteiger charge is 2.35. The number of halogens is 3. The number of methoxy groups -OCH3 is 1. The minimum absolute atomic E-state index is 0. The van der Waals surface area contributed by atoms with Gasteiger partial charge in [-0.15, -0.1) is 12.4 Å². The fourth-order valence-electron chi connectivity index (χ4n) is 1.60. The number of nitrogens with two attached hydrogens (primary N) is 1. The van der Waals surface area contributed by atoms with Gasteiger partial charge in [0.25, 0.3) is 0 Å². The van der Waals surface area contributed by atoms with E-state index in [-0.39, 0.29) is 18.2 Å². The molecule has 0 spiro atoms. The lowest BCUT2D eigenvalue weighted by molar-refractivity contribution is 0.282. The molecule has 0 atom stereocenters. The van der Waals surface area contributed by atoms with Gasteiger partial charge in [-0.3, -0.25) is 0 Å². The van der Waals surface area contributed by atoms with E-state index in [1.54, 1.807) is 0 Å². The highest BCUT2D eigenvalue weighted by molar-refractivity contribution is 5.85. The molecular weight excluding hydrogens is 238 g/mol. The molecule has 0 amide bonds. The number of ether oxygens (including phenoxy) is 1. The zero-order chi connectivity index (χ0) is 11.1. The van der Waals surface area contributed by atoms with E-state index in [1.165, 1.54) is 13.2 Å². The normalized spacial score (nSPS) is 17.2. The van der Waals surface area contributed by atoms with Crippen LogP contribution in [0.2, 0.25) is 0 Å². The molecule has 1 fully saturated rings. The van der Waals surface area contributed by atoms with Crippen LogP contribution in [0.3, 0.4) is 0 Å².